The molecule has 0 spiro atoms. The van der Waals surface area contributed by atoms with Crippen molar-refractivity contribution in [3.8, 4) is 5.75 Å². The minimum Gasteiger partial charge on any atom is -0.496 e. The Bertz CT molecular complexity index is 573. The molecule has 2 rings (SSSR count). The highest BCUT2D eigenvalue weighted by Crippen LogP contribution is 2.40. The summed E-state index contributed by atoms with van der Waals surface area (Å²) in [5, 5.41) is 0. The van der Waals surface area contributed by atoms with E-state index in [1.165, 1.54) is 7.11 Å². The third kappa shape index (κ3) is 3.35. The molecule has 0 aliphatic carbocycles. The number of methoxy groups -OCH3 is 1. The van der Waals surface area contributed by atoms with E-state index in [0.717, 1.165) is 31.5 Å². The summed E-state index contributed by atoms with van der Waals surface area (Å²) in [6, 6.07) is 1.84. The van der Waals surface area contributed by atoms with Gasteiger partial charge in [0.05, 0.1) is 18.2 Å². The van der Waals surface area contributed by atoms with E-state index in [1.54, 1.807) is 0 Å². The smallest absolute Gasteiger partial charge is 0.416 e. The maximum Gasteiger partial charge on any atom is 0.416 e. The highest BCUT2D eigenvalue weighted by atomic mass is 19.4. The first-order valence-electron chi connectivity index (χ1n) is 7.01. The van der Waals surface area contributed by atoms with E-state index in [0.29, 0.717) is 12.1 Å². The average molecular weight is 316 g/mol. The molecule has 0 saturated carbocycles. The third-order valence-corrected chi connectivity index (χ3v) is 3.98. The molecule has 1 heterocycles. The predicted molar refractivity (Wildman–Crippen MR) is 76.0 cm³/mol. The summed E-state index contributed by atoms with van der Waals surface area (Å²) in [6.07, 6.45) is -2.90. The van der Waals surface area contributed by atoms with Crippen molar-refractivity contribution < 1.29 is 22.7 Å². The van der Waals surface area contributed by atoms with Crippen LogP contribution in [0.1, 0.15) is 40.2 Å². The van der Waals surface area contributed by atoms with Crippen LogP contribution in [0.25, 0.3) is 0 Å². The quantitative estimate of drug-likeness (QED) is 0.932. The zero-order valence-electron chi connectivity index (χ0n) is 12.5. The SMILES string of the molecule is COc1c(C(N)=O)cc(C(F)(F)F)cc1C1CCCN(C)C1. The van der Waals surface area contributed by atoms with Crippen molar-refractivity contribution in [2.45, 2.75) is 24.9 Å². The molecule has 1 amide bonds. The maximum atomic E-state index is 13.1. The van der Waals surface area contributed by atoms with Gasteiger partial charge < -0.3 is 15.4 Å². The fourth-order valence-electron chi connectivity index (χ4n) is 2.95. The van der Waals surface area contributed by atoms with E-state index >= 15 is 0 Å². The summed E-state index contributed by atoms with van der Waals surface area (Å²) < 4.78 is 44.5. The monoisotopic (exact) mass is 316 g/mol. The number of halogens is 3. The summed E-state index contributed by atoms with van der Waals surface area (Å²) in [7, 11) is 3.26. The summed E-state index contributed by atoms with van der Waals surface area (Å²) in [5.41, 5.74) is 4.54. The van der Waals surface area contributed by atoms with Crippen LogP contribution in [0.15, 0.2) is 12.1 Å². The molecule has 1 saturated heterocycles. The number of carbonyl (C=O) groups excluding carboxylic acids is 1. The molecule has 1 fully saturated rings. The average Bonchev–Trinajstić information content (AvgIpc) is 2.44. The zero-order valence-corrected chi connectivity index (χ0v) is 12.5. The molecular weight excluding hydrogens is 297 g/mol. The van der Waals surface area contributed by atoms with Crippen LogP contribution in [0, 0.1) is 0 Å². The molecule has 7 heteroatoms. The standard InChI is InChI=1S/C15H19F3N2O2/c1-20-5-3-4-9(8-20)11-6-10(15(16,17)18)7-12(14(19)21)13(11)22-2/h6-7,9H,3-5,8H2,1-2H3,(H2,19,21). The van der Waals surface area contributed by atoms with Gasteiger partial charge in [0.2, 0.25) is 0 Å². The minimum atomic E-state index is -4.54. The lowest BCUT2D eigenvalue weighted by molar-refractivity contribution is -0.137. The normalized spacial score (nSPS) is 20.0. The Hall–Kier alpha value is -1.76. The van der Waals surface area contributed by atoms with Crippen molar-refractivity contribution in [3.63, 3.8) is 0 Å². The second-order valence-corrected chi connectivity index (χ2v) is 5.61. The number of hydrogen-bond donors (Lipinski definition) is 1. The number of carbonyl (C=O) groups is 1. The number of hydrogen-bond acceptors (Lipinski definition) is 3. The lowest BCUT2D eigenvalue weighted by atomic mass is 9.87. The van der Waals surface area contributed by atoms with Crippen LogP contribution in [0.4, 0.5) is 13.2 Å². The number of primary amides is 1. The van der Waals surface area contributed by atoms with Crippen LogP contribution in [0.5, 0.6) is 5.75 Å². The van der Waals surface area contributed by atoms with Gasteiger partial charge in [-0.3, -0.25) is 4.79 Å². The molecule has 4 nitrogen and oxygen atoms in total. The van der Waals surface area contributed by atoms with E-state index in [2.05, 4.69) is 4.90 Å². The number of likely N-dealkylation sites (N-methyl/N-ethyl adjacent to an activating group) is 1. The van der Waals surface area contributed by atoms with Gasteiger partial charge in [0.25, 0.3) is 5.91 Å². The molecule has 1 unspecified atom stereocenters. The van der Waals surface area contributed by atoms with E-state index in [4.69, 9.17) is 10.5 Å². The summed E-state index contributed by atoms with van der Waals surface area (Å²) in [6.45, 7) is 1.52. The van der Waals surface area contributed by atoms with Gasteiger partial charge in [-0.05, 0) is 44.1 Å². The van der Waals surface area contributed by atoms with Crippen molar-refractivity contribution in [1.29, 1.82) is 0 Å². The van der Waals surface area contributed by atoms with E-state index < -0.39 is 17.6 Å². The lowest BCUT2D eigenvalue weighted by Crippen LogP contribution is -2.31. The molecule has 1 aromatic carbocycles. The van der Waals surface area contributed by atoms with Crippen LogP contribution in [-0.2, 0) is 6.18 Å². The van der Waals surface area contributed by atoms with Gasteiger partial charge in [0.15, 0.2) is 0 Å². The van der Waals surface area contributed by atoms with E-state index in [9.17, 15) is 18.0 Å². The highest BCUT2D eigenvalue weighted by molar-refractivity contribution is 5.96. The number of alkyl halides is 3. The van der Waals surface area contributed by atoms with Crippen molar-refractivity contribution in [2.75, 3.05) is 27.2 Å². The number of nitrogens with two attached hydrogens (primary N) is 1. The molecule has 0 bridgehead atoms. The topological polar surface area (TPSA) is 55.6 Å². The number of amides is 1. The number of benzene rings is 1. The molecule has 2 N–H and O–H groups in total. The largest absolute Gasteiger partial charge is 0.496 e. The Morgan fingerprint density at radius 2 is 2.09 bits per heavy atom. The summed E-state index contributed by atoms with van der Waals surface area (Å²) in [5.74, 6) is -0.886. The van der Waals surface area contributed by atoms with Crippen molar-refractivity contribution in [2.24, 2.45) is 5.73 Å². The first-order chi connectivity index (χ1) is 10.2. The molecular formula is C15H19F3N2O2. The van der Waals surface area contributed by atoms with Gasteiger partial charge in [-0.15, -0.1) is 0 Å². The number of rotatable bonds is 3. The number of nitrogens with zero attached hydrogens (tertiary/aromatic N) is 1. The molecule has 22 heavy (non-hydrogen) atoms. The molecule has 1 aromatic rings. The van der Waals surface area contributed by atoms with Crippen molar-refractivity contribution in [1.82, 2.24) is 4.90 Å². The molecule has 1 aliphatic heterocycles. The van der Waals surface area contributed by atoms with Crippen LogP contribution in [0.3, 0.4) is 0 Å². The van der Waals surface area contributed by atoms with Crippen molar-refractivity contribution in [3.05, 3.63) is 28.8 Å². The first-order valence-corrected chi connectivity index (χ1v) is 7.01. The molecule has 0 aromatic heterocycles. The number of ether oxygens (including phenoxy) is 1. The Labute approximate surface area is 127 Å². The fourth-order valence-corrected chi connectivity index (χ4v) is 2.95. The third-order valence-electron chi connectivity index (χ3n) is 3.98. The first kappa shape index (κ1) is 16.6. The number of likely N-dealkylation sites (tertiary alicyclic amines) is 1. The van der Waals surface area contributed by atoms with E-state index in [-0.39, 0.29) is 17.2 Å². The van der Waals surface area contributed by atoms with Crippen LogP contribution in [0.2, 0.25) is 0 Å². The fraction of sp³-hybridized carbons (Fsp3) is 0.533. The lowest BCUT2D eigenvalue weighted by Gasteiger charge is -2.31. The van der Waals surface area contributed by atoms with Crippen molar-refractivity contribution >= 4 is 5.91 Å². The second kappa shape index (κ2) is 6.16. The minimum absolute atomic E-state index is 0.117. The molecule has 1 atom stereocenters. The maximum absolute atomic E-state index is 13.1. The van der Waals surface area contributed by atoms with Gasteiger partial charge in [-0.25, -0.2) is 0 Å². The Morgan fingerprint density at radius 1 is 1.41 bits per heavy atom. The Balaban J connectivity index is 2.58. The van der Waals surface area contributed by atoms with Crippen LogP contribution in [-0.4, -0.2) is 38.1 Å². The molecule has 1 aliphatic rings. The van der Waals surface area contributed by atoms with Gasteiger partial charge in [-0.1, -0.05) is 0 Å². The van der Waals surface area contributed by atoms with Crippen LogP contribution < -0.4 is 10.5 Å². The van der Waals surface area contributed by atoms with Gasteiger partial charge in [0, 0.05) is 12.5 Å². The molecule has 0 radical (unpaired) electrons. The Kier molecular flexibility index (Phi) is 4.65. The Morgan fingerprint density at radius 3 is 2.59 bits per heavy atom. The zero-order chi connectivity index (χ0) is 16.5. The van der Waals surface area contributed by atoms with Gasteiger partial charge >= 0.3 is 6.18 Å². The highest BCUT2D eigenvalue weighted by Gasteiger charge is 2.35. The number of piperidine rings is 1. The predicted octanol–water partition coefficient (Wildman–Crippen LogP) is 2.62. The second-order valence-electron chi connectivity index (χ2n) is 5.61. The van der Waals surface area contributed by atoms with Crippen LogP contribution >= 0.6 is 0 Å². The summed E-state index contributed by atoms with van der Waals surface area (Å²) in [4.78, 5) is 13.6. The van der Waals surface area contributed by atoms with Gasteiger partial charge in [-0.2, -0.15) is 13.2 Å². The van der Waals surface area contributed by atoms with Gasteiger partial charge in [0.1, 0.15) is 5.75 Å². The van der Waals surface area contributed by atoms with E-state index in [1.807, 2.05) is 7.05 Å². The molecule has 122 valence electrons. The summed E-state index contributed by atoms with van der Waals surface area (Å²) >= 11 is 0.